The van der Waals surface area contributed by atoms with Gasteiger partial charge in [0.15, 0.2) is 4.91 Å². The monoisotopic (exact) mass is 407 g/mol. The Morgan fingerprint density at radius 3 is 2.55 bits per heavy atom. The molecule has 29 heavy (non-hydrogen) atoms. The van der Waals surface area contributed by atoms with Crippen LogP contribution in [0.25, 0.3) is 0 Å². The van der Waals surface area contributed by atoms with Crippen molar-refractivity contribution in [2.24, 2.45) is 5.92 Å². The van der Waals surface area contributed by atoms with E-state index in [4.69, 9.17) is 0 Å². The number of piperidine rings is 1. The predicted octanol–water partition coefficient (Wildman–Crippen LogP) is 3.58. The number of likely N-dealkylation sites (tertiary alicyclic amines) is 1. The first-order valence-corrected chi connectivity index (χ1v) is 11.0. The molecule has 2 aromatic carbocycles. The molecule has 6 nitrogen and oxygen atoms in total. The van der Waals surface area contributed by atoms with Gasteiger partial charge in [0.05, 0.1) is 22.2 Å². The van der Waals surface area contributed by atoms with Crippen LogP contribution in [0.15, 0.2) is 64.5 Å². The van der Waals surface area contributed by atoms with Gasteiger partial charge in [0.2, 0.25) is 9.84 Å². The molecule has 1 fully saturated rings. The molecule has 1 saturated heterocycles. The Kier molecular flexibility index (Phi) is 4.89. The summed E-state index contributed by atoms with van der Waals surface area (Å²) in [5.74, 6) is 0.0646. The summed E-state index contributed by atoms with van der Waals surface area (Å²) in [4.78, 5) is 16.4. The van der Waals surface area contributed by atoms with Crippen LogP contribution in [-0.2, 0) is 14.6 Å². The van der Waals surface area contributed by atoms with E-state index < -0.39 is 15.7 Å². The summed E-state index contributed by atoms with van der Waals surface area (Å²) in [5, 5.41) is 9.23. The smallest absolute Gasteiger partial charge is 0.267 e. The van der Waals surface area contributed by atoms with Crippen LogP contribution in [0.2, 0.25) is 0 Å². The number of nitrogens with zero attached hydrogens (tertiary/aromatic N) is 3. The van der Waals surface area contributed by atoms with Crippen LogP contribution < -0.4 is 4.90 Å². The van der Waals surface area contributed by atoms with E-state index in [1.165, 1.54) is 12.3 Å². The van der Waals surface area contributed by atoms with Gasteiger partial charge in [-0.3, -0.25) is 4.79 Å². The van der Waals surface area contributed by atoms with Crippen molar-refractivity contribution in [3.05, 3.63) is 65.2 Å². The summed E-state index contributed by atoms with van der Waals surface area (Å²) in [6.45, 7) is 3.25. The fraction of sp³-hybridized carbons (Fsp3) is 0.273. The zero-order valence-corrected chi connectivity index (χ0v) is 16.9. The number of benzene rings is 2. The first-order valence-electron chi connectivity index (χ1n) is 9.56. The molecule has 2 heterocycles. The second kappa shape index (κ2) is 7.37. The van der Waals surface area contributed by atoms with Gasteiger partial charge in [0.25, 0.3) is 5.91 Å². The highest BCUT2D eigenvalue weighted by Crippen LogP contribution is 2.40. The Bertz CT molecular complexity index is 1140. The zero-order valence-electron chi connectivity index (χ0n) is 16.1. The Hall–Kier alpha value is -3.11. The quantitative estimate of drug-likeness (QED) is 0.760. The standard InChI is InChI=1S/C22H21N3O3S/c1-16-9-11-24(12-10-16)22(26)21-15-25(18-6-4-5-17(13-18)14-23)19-7-2-3-8-20(19)29(21,27)28/h2-8,13,15-16H,9-12H2,1H3. The van der Waals surface area contributed by atoms with E-state index in [0.717, 1.165) is 12.8 Å². The Morgan fingerprint density at radius 1 is 1.10 bits per heavy atom. The molecule has 0 radical (unpaired) electrons. The van der Waals surface area contributed by atoms with E-state index in [0.29, 0.717) is 35.9 Å². The number of nitriles is 1. The van der Waals surface area contributed by atoms with E-state index in [9.17, 15) is 18.5 Å². The normalized spacial score (nSPS) is 18.6. The number of hydrogen-bond acceptors (Lipinski definition) is 5. The van der Waals surface area contributed by atoms with Crippen molar-refractivity contribution < 1.29 is 13.2 Å². The average Bonchev–Trinajstić information content (AvgIpc) is 2.74. The summed E-state index contributed by atoms with van der Waals surface area (Å²) in [5.41, 5.74) is 1.55. The van der Waals surface area contributed by atoms with E-state index >= 15 is 0 Å². The van der Waals surface area contributed by atoms with Gasteiger partial charge in [0, 0.05) is 25.0 Å². The summed E-state index contributed by atoms with van der Waals surface area (Å²) < 4.78 is 26.5. The van der Waals surface area contributed by atoms with Crippen LogP contribution in [0.3, 0.4) is 0 Å². The number of rotatable bonds is 2. The highest BCUT2D eigenvalue weighted by Gasteiger charge is 2.38. The van der Waals surface area contributed by atoms with Gasteiger partial charge in [-0.05, 0) is 49.1 Å². The lowest BCUT2D eigenvalue weighted by atomic mass is 9.99. The molecule has 0 unspecified atom stereocenters. The van der Waals surface area contributed by atoms with Crippen molar-refractivity contribution in [3.8, 4) is 6.07 Å². The lowest BCUT2D eigenvalue weighted by Crippen LogP contribution is -2.41. The second-order valence-electron chi connectivity index (χ2n) is 7.47. The summed E-state index contributed by atoms with van der Waals surface area (Å²) in [6, 6.07) is 15.6. The van der Waals surface area contributed by atoms with Gasteiger partial charge in [-0.15, -0.1) is 0 Å². The number of fused-ring (bicyclic) bond motifs is 1. The number of sulfone groups is 1. The molecule has 2 aromatic rings. The van der Waals surface area contributed by atoms with E-state index in [1.54, 1.807) is 52.3 Å². The van der Waals surface area contributed by atoms with E-state index in [1.807, 2.05) is 0 Å². The van der Waals surface area contributed by atoms with Crippen LogP contribution in [0, 0.1) is 17.2 Å². The van der Waals surface area contributed by atoms with E-state index in [2.05, 4.69) is 13.0 Å². The van der Waals surface area contributed by atoms with Crippen LogP contribution in [0.4, 0.5) is 11.4 Å². The van der Waals surface area contributed by atoms with Crippen molar-refractivity contribution in [1.29, 1.82) is 5.26 Å². The van der Waals surface area contributed by atoms with Crippen LogP contribution in [0.5, 0.6) is 0 Å². The lowest BCUT2D eigenvalue weighted by molar-refractivity contribution is -0.127. The molecule has 148 valence electrons. The molecule has 0 spiro atoms. The van der Waals surface area contributed by atoms with Crippen LogP contribution in [0.1, 0.15) is 25.3 Å². The van der Waals surface area contributed by atoms with Gasteiger partial charge in [-0.25, -0.2) is 8.42 Å². The van der Waals surface area contributed by atoms with Crippen molar-refractivity contribution >= 4 is 27.1 Å². The molecular formula is C22H21N3O3S. The van der Waals surface area contributed by atoms with Crippen molar-refractivity contribution in [2.75, 3.05) is 18.0 Å². The molecule has 7 heteroatoms. The van der Waals surface area contributed by atoms with Gasteiger partial charge in [-0.2, -0.15) is 5.26 Å². The van der Waals surface area contributed by atoms with Gasteiger partial charge in [0.1, 0.15) is 0 Å². The summed E-state index contributed by atoms with van der Waals surface area (Å²) in [6.07, 6.45) is 3.13. The molecule has 0 saturated carbocycles. The van der Waals surface area contributed by atoms with Gasteiger partial charge >= 0.3 is 0 Å². The summed E-state index contributed by atoms with van der Waals surface area (Å²) in [7, 11) is -3.94. The maximum atomic E-state index is 13.3. The van der Waals surface area contributed by atoms with E-state index in [-0.39, 0.29) is 9.80 Å². The molecule has 2 aliphatic heterocycles. The minimum absolute atomic E-state index is 0.0959. The van der Waals surface area contributed by atoms with Crippen LogP contribution in [-0.4, -0.2) is 32.3 Å². The lowest BCUT2D eigenvalue weighted by Gasteiger charge is -2.33. The van der Waals surface area contributed by atoms with Crippen LogP contribution >= 0.6 is 0 Å². The largest absolute Gasteiger partial charge is 0.338 e. The Labute approximate surface area is 170 Å². The third-order valence-corrected chi connectivity index (χ3v) is 7.27. The van der Waals surface area contributed by atoms with Crippen molar-refractivity contribution in [3.63, 3.8) is 0 Å². The number of hydrogen-bond donors (Lipinski definition) is 0. The SMILES string of the molecule is CC1CCN(C(=O)C2=CN(c3cccc(C#N)c3)c3ccccc3S2(=O)=O)CC1. The minimum atomic E-state index is -3.94. The fourth-order valence-electron chi connectivity index (χ4n) is 3.73. The van der Waals surface area contributed by atoms with Crippen molar-refractivity contribution in [1.82, 2.24) is 4.90 Å². The first kappa shape index (κ1) is 19.2. The Balaban J connectivity index is 1.83. The number of amides is 1. The number of anilines is 2. The minimum Gasteiger partial charge on any atom is -0.338 e. The topological polar surface area (TPSA) is 81.5 Å². The molecule has 0 atom stereocenters. The fourth-order valence-corrected chi connectivity index (χ4v) is 5.27. The predicted molar refractivity (Wildman–Crippen MR) is 110 cm³/mol. The molecular weight excluding hydrogens is 386 g/mol. The van der Waals surface area contributed by atoms with Crippen molar-refractivity contribution in [2.45, 2.75) is 24.7 Å². The highest BCUT2D eigenvalue weighted by molar-refractivity contribution is 7.96. The van der Waals surface area contributed by atoms with Gasteiger partial charge < -0.3 is 9.80 Å². The molecule has 0 N–H and O–H groups in total. The number of para-hydroxylation sites is 1. The molecule has 0 aliphatic carbocycles. The molecule has 0 aromatic heterocycles. The Morgan fingerprint density at radius 2 is 1.83 bits per heavy atom. The maximum absolute atomic E-state index is 13.3. The molecule has 1 amide bonds. The first-order chi connectivity index (χ1) is 13.9. The number of carbonyl (C=O) groups is 1. The third-order valence-electron chi connectivity index (χ3n) is 5.49. The molecule has 4 rings (SSSR count). The third kappa shape index (κ3) is 3.40. The molecule has 2 aliphatic rings. The summed E-state index contributed by atoms with van der Waals surface area (Å²) >= 11 is 0. The van der Waals surface area contributed by atoms with Gasteiger partial charge in [-0.1, -0.05) is 25.1 Å². The average molecular weight is 407 g/mol. The second-order valence-corrected chi connectivity index (χ2v) is 9.36. The molecule has 0 bridgehead atoms. The maximum Gasteiger partial charge on any atom is 0.267 e. The number of carbonyl (C=O) groups excluding carboxylic acids is 1. The highest BCUT2D eigenvalue weighted by atomic mass is 32.2. The zero-order chi connectivity index (χ0) is 20.6.